The number of anilines is 1. The summed E-state index contributed by atoms with van der Waals surface area (Å²) in [6.07, 6.45) is 6.76. The maximum absolute atomic E-state index is 12.1. The molecule has 1 radical (unpaired) electrons. The number of hydrogen-bond donors (Lipinski definition) is 1. The highest BCUT2D eigenvalue weighted by molar-refractivity contribution is 5.94. The summed E-state index contributed by atoms with van der Waals surface area (Å²) in [5.41, 5.74) is 9.75. The van der Waals surface area contributed by atoms with E-state index in [2.05, 4.69) is 11.4 Å². The Bertz CT molecular complexity index is 846. The van der Waals surface area contributed by atoms with Crippen molar-refractivity contribution in [1.82, 2.24) is 9.99 Å². The number of primary amides is 1. The van der Waals surface area contributed by atoms with Crippen LogP contribution in [0.5, 0.6) is 5.75 Å². The molecule has 2 aromatic rings. The van der Waals surface area contributed by atoms with Gasteiger partial charge in [-0.2, -0.15) is 0 Å². The SMILES string of the molecule is COc1ccc2nccc(N3CC4=C(C[CH]CC4)N3C(N)=O)c2c1. The van der Waals surface area contributed by atoms with E-state index < -0.39 is 6.03 Å². The Morgan fingerprint density at radius 2 is 2.21 bits per heavy atom. The first kappa shape index (κ1) is 14.8. The van der Waals surface area contributed by atoms with Crippen molar-refractivity contribution in [3.63, 3.8) is 0 Å². The summed E-state index contributed by atoms with van der Waals surface area (Å²) in [5, 5.41) is 4.50. The highest BCUT2D eigenvalue weighted by Crippen LogP contribution is 2.39. The minimum absolute atomic E-state index is 0.455. The molecule has 24 heavy (non-hydrogen) atoms. The standard InChI is InChI=1S/C18H19N4O2/c1-24-13-6-7-15-14(10-13)17(8-9-20-15)21-11-12-4-2-3-5-16(12)22(21)18(19)23/h3,6-10H,2,4-5,11H2,1H3,(H2,19,23). The summed E-state index contributed by atoms with van der Waals surface area (Å²) < 4.78 is 5.34. The van der Waals surface area contributed by atoms with Crippen LogP contribution in [0.2, 0.25) is 0 Å². The van der Waals surface area contributed by atoms with Gasteiger partial charge < -0.3 is 10.5 Å². The maximum Gasteiger partial charge on any atom is 0.338 e. The fourth-order valence-electron chi connectivity index (χ4n) is 3.52. The number of nitrogens with two attached hydrogens (primary N) is 1. The van der Waals surface area contributed by atoms with Crippen LogP contribution >= 0.6 is 0 Å². The molecule has 2 aliphatic rings. The molecule has 0 saturated carbocycles. The molecule has 6 nitrogen and oxygen atoms in total. The van der Waals surface area contributed by atoms with Crippen molar-refractivity contribution >= 4 is 22.6 Å². The minimum Gasteiger partial charge on any atom is -0.497 e. The molecule has 2 heterocycles. The second kappa shape index (κ2) is 5.70. The van der Waals surface area contributed by atoms with Crippen LogP contribution in [0.25, 0.3) is 10.9 Å². The van der Waals surface area contributed by atoms with Gasteiger partial charge in [0.2, 0.25) is 0 Å². The Balaban J connectivity index is 1.83. The highest BCUT2D eigenvalue weighted by atomic mass is 16.5. The van der Waals surface area contributed by atoms with E-state index in [0.717, 1.165) is 47.3 Å². The smallest absolute Gasteiger partial charge is 0.338 e. The third-order valence-corrected chi connectivity index (χ3v) is 4.65. The van der Waals surface area contributed by atoms with Gasteiger partial charge >= 0.3 is 6.03 Å². The van der Waals surface area contributed by atoms with Crippen molar-refractivity contribution in [1.29, 1.82) is 0 Å². The van der Waals surface area contributed by atoms with E-state index in [1.165, 1.54) is 5.57 Å². The predicted octanol–water partition coefficient (Wildman–Crippen LogP) is 3.00. The van der Waals surface area contributed by atoms with Gasteiger partial charge in [0.25, 0.3) is 0 Å². The first-order valence-electron chi connectivity index (χ1n) is 8.01. The van der Waals surface area contributed by atoms with Crippen molar-refractivity contribution in [2.45, 2.75) is 19.3 Å². The molecule has 0 bridgehead atoms. The number of allylic oxidation sites excluding steroid dienone is 1. The van der Waals surface area contributed by atoms with Gasteiger partial charge in [-0.25, -0.2) is 9.80 Å². The molecule has 0 fully saturated rings. The number of carbonyl (C=O) groups is 1. The van der Waals surface area contributed by atoms with Gasteiger partial charge in [0.15, 0.2) is 0 Å². The summed E-state index contributed by atoms with van der Waals surface area (Å²) in [4.78, 5) is 16.5. The Morgan fingerprint density at radius 3 is 3.00 bits per heavy atom. The molecule has 1 aliphatic carbocycles. The lowest BCUT2D eigenvalue weighted by Gasteiger charge is -2.31. The summed E-state index contributed by atoms with van der Waals surface area (Å²) in [6, 6.07) is 7.21. The summed E-state index contributed by atoms with van der Waals surface area (Å²) in [5.74, 6) is 0.757. The number of hydrogen-bond acceptors (Lipinski definition) is 4. The first-order valence-corrected chi connectivity index (χ1v) is 8.01. The van der Waals surface area contributed by atoms with E-state index in [9.17, 15) is 4.79 Å². The van der Waals surface area contributed by atoms with Gasteiger partial charge in [-0.3, -0.25) is 9.99 Å². The number of benzene rings is 1. The minimum atomic E-state index is -0.455. The van der Waals surface area contributed by atoms with E-state index in [1.807, 2.05) is 29.3 Å². The van der Waals surface area contributed by atoms with E-state index >= 15 is 0 Å². The number of rotatable bonds is 2. The Labute approximate surface area is 140 Å². The Kier molecular flexibility index (Phi) is 3.52. The zero-order valence-electron chi connectivity index (χ0n) is 13.5. The molecule has 0 saturated heterocycles. The van der Waals surface area contributed by atoms with E-state index in [4.69, 9.17) is 10.5 Å². The lowest BCUT2D eigenvalue weighted by Crippen LogP contribution is -2.45. The number of hydrazine groups is 1. The number of aromatic nitrogens is 1. The second-order valence-corrected chi connectivity index (χ2v) is 6.00. The number of fused-ring (bicyclic) bond motifs is 1. The summed E-state index contributed by atoms with van der Waals surface area (Å²) in [6.45, 7) is 0.683. The number of ether oxygens (including phenoxy) is 1. The van der Waals surface area contributed by atoms with Crippen LogP contribution < -0.4 is 15.5 Å². The molecule has 1 aliphatic heterocycles. The molecule has 6 heteroatoms. The molecular weight excluding hydrogens is 304 g/mol. The van der Waals surface area contributed by atoms with Crippen molar-refractivity contribution in [2.75, 3.05) is 18.7 Å². The first-order chi connectivity index (χ1) is 11.7. The van der Waals surface area contributed by atoms with Gasteiger partial charge in [-0.1, -0.05) is 0 Å². The van der Waals surface area contributed by atoms with Crippen molar-refractivity contribution < 1.29 is 9.53 Å². The monoisotopic (exact) mass is 323 g/mol. The number of urea groups is 1. The van der Waals surface area contributed by atoms with Crippen LogP contribution in [-0.2, 0) is 0 Å². The molecule has 1 aromatic carbocycles. The van der Waals surface area contributed by atoms with E-state index in [0.29, 0.717) is 6.54 Å². The molecule has 4 rings (SSSR count). The maximum atomic E-state index is 12.1. The van der Waals surface area contributed by atoms with E-state index in [-0.39, 0.29) is 0 Å². The van der Waals surface area contributed by atoms with Gasteiger partial charge in [0, 0.05) is 17.3 Å². The molecule has 2 amide bonds. The van der Waals surface area contributed by atoms with Crippen LogP contribution in [0.1, 0.15) is 19.3 Å². The molecule has 0 atom stereocenters. The van der Waals surface area contributed by atoms with Crippen LogP contribution in [-0.4, -0.2) is 29.7 Å². The number of pyridine rings is 1. The van der Waals surface area contributed by atoms with Crippen molar-refractivity contribution in [2.24, 2.45) is 5.73 Å². The Hall–Kier alpha value is -2.76. The van der Waals surface area contributed by atoms with Gasteiger partial charge in [0.1, 0.15) is 5.75 Å². The van der Waals surface area contributed by atoms with Gasteiger partial charge in [0.05, 0.1) is 24.9 Å². The average Bonchev–Trinajstić information content (AvgIpc) is 3.00. The Morgan fingerprint density at radius 1 is 1.33 bits per heavy atom. The van der Waals surface area contributed by atoms with Crippen molar-refractivity contribution in [3.05, 3.63) is 48.2 Å². The fourth-order valence-corrected chi connectivity index (χ4v) is 3.52. The lowest BCUT2D eigenvalue weighted by molar-refractivity contribution is 0.219. The van der Waals surface area contributed by atoms with Crippen LogP contribution in [0.3, 0.4) is 0 Å². The third kappa shape index (κ3) is 2.26. The average molecular weight is 323 g/mol. The number of nitrogens with zero attached hydrogens (tertiary/aromatic N) is 3. The molecule has 123 valence electrons. The molecule has 0 unspecified atom stereocenters. The normalized spacial score (nSPS) is 17.4. The summed E-state index contributed by atoms with van der Waals surface area (Å²) in [7, 11) is 1.64. The zero-order chi connectivity index (χ0) is 16.7. The summed E-state index contributed by atoms with van der Waals surface area (Å²) >= 11 is 0. The predicted molar refractivity (Wildman–Crippen MR) is 92.2 cm³/mol. The zero-order valence-corrected chi connectivity index (χ0v) is 13.5. The van der Waals surface area contributed by atoms with Crippen molar-refractivity contribution in [3.8, 4) is 5.75 Å². The van der Waals surface area contributed by atoms with Crippen LogP contribution in [0, 0.1) is 6.42 Å². The van der Waals surface area contributed by atoms with Crippen LogP contribution in [0.15, 0.2) is 41.7 Å². The highest BCUT2D eigenvalue weighted by Gasteiger charge is 2.35. The number of amides is 2. The quantitative estimate of drug-likeness (QED) is 0.922. The number of carbonyl (C=O) groups excluding carboxylic acids is 1. The van der Waals surface area contributed by atoms with Crippen LogP contribution in [0.4, 0.5) is 10.5 Å². The fraction of sp³-hybridized carbons (Fsp3) is 0.278. The third-order valence-electron chi connectivity index (χ3n) is 4.65. The largest absolute Gasteiger partial charge is 0.497 e. The molecular formula is C18H19N4O2. The van der Waals surface area contributed by atoms with E-state index in [1.54, 1.807) is 18.3 Å². The van der Waals surface area contributed by atoms with Gasteiger partial charge in [-0.15, -0.1) is 0 Å². The topological polar surface area (TPSA) is 71.7 Å². The molecule has 1 aromatic heterocycles. The van der Waals surface area contributed by atoms with Gasteiger partial charge in [-0.05, 0) is 55.5 Å². The second-order valence-electron chi connectivity index (χ2n) is 6.00. The molecule has 2 N–H and O–H groups in total. The lowest BCUT2D eigenvalue weighted by atomic mass is 9.97. The molecule has 0 spiro atoms. The number of methoxy groups -OCH3 is 1.